The van der Waals surface area contributed by atoms with E-state index in [1.807, 2.05) is 22.9 Å². The van der Waals surface area contributed by atoms with E-state index in [1.54, 1.807) is 26.0 Å². The standard InChI is InChI=1S/C18H20O5S2/c1-3-22-17(20)16(18(21)23-4-2)12(14-7-5-9-24-14)11-13(19)15-8-6-10-25-15/h5-10,12,16H,3-4,11H2,1-2H3/t12-/m0/s1. The first kappa shape index (κ1) is 19.3. The smallest absolute Gasteiger partial charge is 0.320 e. The molecule has 0 aliphatic heterocycles. The summed E-state index contributed by atoms with van der Waals surface area (Å²) in [6.45, 7) is 3.67. The molecule has 0 aliphatic carbocycles. The molecule has 5 nitrogen and oxygen atoms in total. The first-order valence-electron chi connectivity index (χ1n) is 8.01. The Bertz CT molecular complexity index is 673. The topological polar surface area (TPSA) is 69.7 Å². The highest BCUT2D eigenvalue weighted by Gasteiger charge is 2.40. The van der Waals surface area contributed by atoms with Gasteiger partial charge in [-0.05, 0) is 36.7 Å². The van der Waals surface area contributed by atoms with E-state index < -0.39 is 23.8 Å². The summed E-state index contributed by atoms with van der Waals surface area (Å²) in [7, 11) is 0. The third kappa shape index (κ3) is 4.99. The maximum Gasteiger partial charge on any atom is 0.320 e. The van der Waals surface area contributed by atoms with Crippen molar-refractivity contribution in [3.8, 4) is 0 Å². The lowest BCUT2D eigenvalue weighted by atomic mass is 9.86. The van der Waals surface area contributed by atoms with Gasteiger partial charge in [0.15, 0.2) is 11.7 Å². The van der Waals surface area contributed by atoms with E-state index >= 15 is 0 Å². The maximum absolute atomic E-state index is 12.6. The Balaban J connectivity index is 2.34. The number of ketones is 1. The minimum Gasteiger partial charge on any atom is -0.465 e. The second-order valence-electron chi connectivity index (χ2n) is 5.21. The van der Waals surface area contributed by atoms with Crippen molar-refractivity contribution in [1.82, 2.24) is 0 Å². The molecule has 2 aromatic heterocycles. The highest BCUT2D eigenvalue weighted by Crippen LogP contribution is 2.35. The molecule has 25 heavy (non-hydrogen) atoms. The number of hydrogen-bond donors (Lipinski definition) is 0. The van der Waals surface area contributed by atoms with E-state index in [0.29, 0.717) is 4.88 Å². The van der Waals surface area contributed by atoms with Crippen LogP contribution in [0.5, 0.6) is 0 Å². The lowest BCUT2D eigenvalue weighted by Crippen LogP contribution is -2.34. The number of carbonyl (C=O) groups is 3. The Morgan fingerprint density at radius 2 is 1.56 bits per heavy atom. The normalized spacial score (nSPS) is 12.0. The van der Waals surface area contributed by atoms with Gasteiger partial charge in [-0.25, -0.2) is 0 Å². The van der Waals surface area contributed by atoms with Crippen LogP contribution in [0.3, 0.4) is 0 Å². The van der Waals surface area contributed by atoms with Crippen molar-refractivity contribution >= 4 is 40.4 Å². The number of ether oxygens (including phenoxy) is 2. The zero-order chi connectivity index (χ0) is 18.2. The first-order chi connectivity index (χ1) is 12.1. The zero-order valence-electron chi connectivity index (χ0n) is 14.1. The molecule has 0 fully saturated rings. The monoisotopic (exact) mass is 380 g/mol. The minimum atomic E-state index is -1.15. The van der Waals surface area contributed by atoms with Crippen LogP contribution in [0.15, 0.2) is 35.0 Å². The Kier molecular flexibility index (Phi) is 7.33. The maximum atomic E-state index is 12.6. The van der Waals surface area contributed by atoms with Gasteiger partial charge in [-0.2, -0.15) is 0 Å². The number of hydrogen-bond acceptors (Lipinski definition) is 7. The predicted molar refractivity (Wildman–Crippen MR) is 97.1 cm³/mol. The van der Waals surface area contributed by atoms with Crippen molar-refractivity contribution in [2.24, 2.45) is 5.92 Å². The van der Waals surface area contributed by atoms with Crippen molar-refractivity contribution in [2.45, 2.75) is 26.2 Å². The molecule has 0 aliphatic rings. The average Bonchev–Trinajstić information content (AvgIpc) is 3.28. The number of rotatable bonds is 9. The van der Waals surface area contributed by atoms with Crippen LogP contribution in [0, 0.1) is 5.92 Å². The Hall–Kier alpha value is -1.99. The van der Waals surface area contributed by atoms with Gasteiger partial charge in [-0.15, -0.1) is 22.7 Å². The largest absolute Gasteiger partial charge is 0.465 e. The summed E-state index contributed by atoms with van der Waals surface area (Å²) < 4.78 is 10.2. The molecule has 0 unspecified atom stereocenters. The second kappa shape index (κ2) is 9.48. The van der Waals surface area contributed by atoms with Crippen molar-refractivity contribution in [1.29, 1.82) is 0 Å². The molecule has 0 radical (unpaired) electrons. The first-order valence-corrected chi connectivity index (χ1v) is 9.77. The quantitative estimate of drug-likeness (QED) is 0.375. The molecule has 2 heterocycles. The second-order valence-corrected chi connectivity index (χ2v) is 7.14. The molecular weight excluding hydrogens is 360 g/mol. The number of carbonyl (C=O) groups excluding carboxylic acids is 3. The summed E-state index contributed by atoms with van der Waals surface area (Å²) in [6, 6.07) is 7.19. The fourth-order valence-electron chi connectivity index (χ4n) is 2.51. The van der Waals surface area contributed by atoms with Gasteiger partial charge in [-0.3, -0.25) is 14.4 Å². The summed E-state index contributed by atoms with van der Waals surface area (Å²) in [6.07, 6.45) is 0.0450. The molecule has 7 heteroatoms. The van der Waals surface area contributed by atoms with Gasteiger partial charge in [0.2, 0.25) is 0 Å². The highest BCUT2D eigenvalue weighted by molar-refractivity contribution is 7.12. The van der Waals surface area contributed by atoms with Crippen LogP contribution in [0.2, 0.25) is 0 Å². The molecule has 1 atom stereocenters. The Labute approximate surface area is 154 Å². The summed E-state index contributed by atoms with van der Waals surface area (Å²) >= 11 is 2.75. The van der Waals surface area contributed by atoms with E-state index in [0.717, 1.165) is 4.88 Å². The van der Waals surface area contributed by atoms with Gasteiger partial charge in [0.05, 0.1) is 18.1 Å². The van der Waals surface area contributed by atoms with Crippen LogP contribution in [0.25, 0.3) is 0 Å². The van der Waals surface area contributed by atoms with Crippen molar-refractivity contribution in [3.63, 3.8) is 0 Å². The molecular formula is C18H20O5S2. The van der Waals surface area contributed by atoms with E-state index in [1.165, 1.54) is 22.7 Å². The van der Waals surface area contributed by atoms with Crippen LogP contribution in [0.1, 0.15) is 40.7 Å². The number of esters is 2. The van der Waals surface area contributed by atoms with Crippen LogP contribution in [-0.2, 0) is 19.1 Å². The van der Waals surface area contributed by atoms with Crippen LogP contribution < -0.4 is 0 Å². The molecule has 0 bridgehead atoms. The molecule has 2 aromatic rings. The fraction of sp³-hybridized carbons (Fsp3) is 0.389. The minimum absolute atomic E-state index is 0.0450. The van der Waals surface area contributed by atoms with Crippen molar-refractivity contribution in [2.75, 3.05) is 13.2 Å². The van der Waals surface area contributed by atoms with Gasteiger partial charge in [0.25, 0.3) is 0 Å². The zero-order valence-corrected chi connectivity index (χ0v) is 15.7. The van der Waals surface area contributed by atoms with Gasteiger partial charge >= 0.3 is 11.9 Å². The third-order valence-electron chi connectivity index (χ3n) is 3.59. The van der Waals surface area contributed by atoms with Gasteiger partial charge in [0.1, 0.15) is 0 Å². The van der Waals surface area contributed by atoms with Crippen molar-refractivity contribution in [3.05, 3.63) is 44.8 Å². The summed E-state index contributed by atoms with van der Waals surface area (Å²) in [5, 5.41) is 3.67. The fourth-order valence-corrected chi connectivity index (χ4v) is 4.05. The SMILES string of the molecule is CCOC(=O)C(C(=O)OCC)[C@@H](CC(=O)c1cccs1)c1cccs1. The third-order valence-corrected chi connectivity index (χ3v) is 5.51. The Morgan fingerprint density at radius 1 is 0.960 bits per heavy atom. The predicted octanol–water partition coefficient (Wildman–Crippen LogP) is 3.91. The van der Waals surface area contributed by atoms with Crippen molar-refractivity contribution < 1.29 is 23.9 Å². The van der Waals surface area contributed by atoms with Gasteiger partial charge < -0.3 is 9.47 Å². The average molecular weight is 380 g/mol. The van der Waals surface area contributed by atoms with Crippen LogP contribution in [0.4, 0.5) is 0 Å². The highest BCUT2D eigenvalue weighted by atomic mass is 32.1. The number of Topliss-reactive ketones (excluding diaryl/α,β-unsaturated/α-hetero) is 1. The summed E-state index contributed by atoms with van der Waals surface area (Å²) in [5.41, 5.74) is 0. The lowest BCUT2D eigenvalue weighted by molar-refractivity contribution is -0.162. The van der Waals surface area contributed by atoms with E-state index in [4.69, 9.17) is 9.47 Å². The summed E-state index contributed by atoms with van der Waals surface area (Å²) in [4.78, 5) is 38.9. The molecule has 2 rings (SSSR count). The van der Waals surface area contributed by atoms with Gasteiger partial charge in [-0.1, -0.05) is 12.1 Å². The molecule has 0 saturated carbocycles. The van der Waals surface area contributed by atoms with Crippen LogP contribution >= 0.6 is 22.7 Å². The summed E-state index contributed by atoms with van der Waals surface area (Å²) in [5.74, 6) is -3.17. The van der Waals surface area contributed by atoms with E-state index in [9.17, 15) is 14.4 Å². The van der Waals surface area contributed by atoms with Crippen LogP contribution in [-0.4, -0.2) is 30.9 Å². The molecule has 0 amide bonds. The Morgan fingerprint density at radius 3 is 2.04 bits per heavy atom. The molecule has 134 valence electrons. The van der Waals surface area contributed by atoms with Gasteiger partial charge in [0, 0.05) is 17.2 Å². The number of thiophene rings is 2. The van der Waals surface area contributed by atoms with E-state index in [2.05, 4.69) is 0 Å². The molecule has 0 aromatic carbocycles. The molecule has 0 N–H and O–H groups in total. The lowest BCUT2D eigenvalue weighted by Gasteiger charge is -2.22. The molecule has 0 spiro atoms. The van der Waals surface area contributed by atoms with E-state index in [-0.39, 0.29) is 25.4 Å². The molecule has 0 saturated heterocycles.